The Morgan fingerprint density at radius 1 is 1.29 bits per heavy atom. The molecular weight excluding hydrogens is 206 g/mol. The summed E-state index contributed by atoms with van der Waals surface area (Å²) >= 11 is 0. The third kappa shape index (κ3) is 2.90. The molecule has 2 rings (SSSR count). The Hall–Kier alpha value is -0.820. The van der Waals surface area contributed by atoms with Gasteiger partial charge in [-0.05, 0) is 49.3 Å². The van der Waals surface area contributed by atoms with E-state index >= 15 is 0 Å². The van der Waals surface area contributed by atoms with Crippen LogP contribution in [0, 0.1) is 0 Å². The van der Waals surface area contributed by atoms with E-state index < -0.39 is 0 Å². The minimum absolute atomic E-state index is 0.673. The molecule has 1 aromatic carbocycles. The van der Waals surface area contributed by atoms with Crippen molar-refractivity contribution in [2.24, 2.45) is 0 Å². The monoisotopic (exact) mass is 231 g/mol. The third-order valence-electron chi connectivity index (χ3n) is 3.97. The van der Waals surface area contributed by atoms with Gasteiger partial charge in [-0.15, -0.1) is 0 Å². The van der Waals surface area contributed by atoms with Crippen LogP contribution in [0.1, 0.15) is 56.6 Å². The summed E-state index contributed by atoms with van der Waals surface area (Å²) in [6.45, 7) is 5.60. The van der Waals surface area contributed by atoms with E-state index in [1.807, 2.05) is 0 Å². The number of nitrogens with one attached hydrogen (secondary N) is 1. The smallest absolute Gasteiger partial charge is 0.0136 e. The lowest BCUT2D eigenvalue weighted by Crippen LogP contribution is -2.36. The van der Waals surface area contributed by atoms with Gasteiger partial charge in [0, 0.05) is 6.04 Å². The standard InChI is InChI=1S/C16H25N/c1-3-8-16(17-4-2)15-12-7-10-13-9-5-6-11-14(13)15/h5-6,9,11,15-17H,3-4,7-8,10,12H2,1-2H3. The largest absolute Gasteiger partial charge is 0.314 e. The molecule has 1 nitrogen and oxygen atoms in total. The first-order valence-electron chi connectivity index (χ1n) is 7.18. The highest BCUT2D eigenvalue weighted by atomic mass is 14.9. The maximum Gasteiger partial charge on any atom is 0.0136 e. The van der Waals surface area contributed by atoms with Crippen molar-refractivity contribution in [1.29, 1.82) is 0 Å². The molecule has 0 bridgehead atoms. The summed E-state index contributed by atoms with van der Waals surface area (Å²) in [5.41, 5.74) is 3.20. The Bertz CT molecular complexity index is 339. The number of rotatable bonds is 5. The summed E-state index contributed by atoms with van der Waals surface area (Å²) in [5.74, 6) is 0.736. The van der Waals surface area contributed by atoms with Gasteiger partial charge in [0.1, 0.15) is 0 Å². The Balaban J connectivity index is 2.20. The van der Waals surface area contributed by atoms with E-state index in [0.29, 0.717) is 6.04 Å². The van der Waals surface area contributed by atoms with E-state index in [2.05, 4.69) is 43.4 Å². The van der Waals surface area contributed by atoms with Crippen LogP contribution in [0.25, 0.3) is 0 Å². The molecule has 0 saturated heterocycles. The van der Waals surface area contributed by atoms with Gasteiger partial charge < -0.3 is 5.32 Å². The van der Waals surface area contributed by atoms with Gasteiger partial charge in [0.25, 0.3) is 0 Å². The zero-order valence-corrected chi connectivity index (χ0v) is 11.2. The van der Waals surface area contributed by atoms with Gasteiger partial charge >= 0.3 is 0 Å². The molecule has 0 fully saturated rings. The molecule has 0 heterocycles. The van der Waals surface area contributed by atoms with E-state index in [9.17, 15) is 0 Å². The second-order valence-corrected chi connectivity index (χ2v) is 5.15. The van der Waals surface area contributed by atoms with Gasteiger partial charge in [-0.25, -0.2) is 0 Å². The zero-order chi connectivity index (χ0) is 12.1. The van der Waals surface area contributed by atoms with Crippen molar-refractivity contribution in [3.8, 4) is 0 Å². The van der Waals surface area contributed by atoms with Crippen LogP contribution in [0.4, 0.5) is 0 Å². The maximum absolute atomic E-state index is 3.69. The molecule has 1 heteroatoms. The number of likely N-dealkylation sites (N-methyl/N-ethyl adjacent to an activating group) is 1. The highest BCUT2D eigenvalue weighted by molar-refractivity contribution is 5.33. The van der Waals surface area contributed by atoms with Crippen LogP contribution in [0.15, 0.2) is 24.3 Å². The molecule has 0 aliphatic heterocycles. The molecule has 17 heavy (non-hydrogen) atoms. The second-order valence-electron chi connectivity index (χ2n) is 5.15. The van der Waals surface area contributed by atoms with Crippen molar-refractivity contribution in [1.82, 2.24) is 5.32 Å². The van der Waals surface area contributed by atoms with E-state index in [1.165, 1.54) is 32.1 Å². The van der Waals surface area contributed by atoms with Gasteiger partial charge in [0.2, 0.25) is 0 Å². The number of hydrogen-bond acceptors (Lipinski definition) is 1. The van der Waals surface area contributed by atoms with Gasteiger partial charge in [-0.3, -0.25) is 0 Å². The van der Waals surface area contributed by atoms with E-state index in [1.54, 1.807) is 11.1 Å². The Labute approximate surface area is 106 Å². The Morgan fingerprint density at radius 2 is 2.12 bits per heavy atom. The topological polar surface area (TPSA) is 12.0 Å². The van der Waals surface area contributed by atoms with Crippen molar-refractivity contribution in [2.45, 2.75) is 57.9 Å². The third-order valence-corrected chi connectivity index (χ3v) is 3.97. The van der Waals surface area contributed by atoms with Gasteiger partial charge in [0.15, 0.2) is 0 Å². The van der Waals surface area contributed by atoms with Crippen LogP contribution < -0.4 is 5.32 Å². The number of hydrogen-bond donors (Lipinski definition) is 1. The van der Waals surface area contributed by atoms with Crippen molar-refractivity contribution >= 4 is 0 Å². The molecule has 1 N–H and O–H groups in total. The maximum atomic E-state index is 3.69. The predicted molar refractivity (Wildman–Crippen MR) is 74.5 cm³/mol. The number of benzene rings is 1. The zero-order valence-electron chi connectivity index (χ0n) is 11.2. The lowest BCUT2D eigenvalue weighted by molar-refractivity contribution is 0.376. The fraction of sp³-hybridized carbons (Fsp3) is 0.625. The molecule has 0 radical (unpaired) electrons. The SMILES string of the molecule is CCCC(NCC)C1CCCc2ccccc21. The average molecular weight is 231 g/mol. The van der Waals surface area contributed by atoms with Gasteiger partial charge in [-0.2, -0.15) is 0 Å². The summed E-state index contributed by atoms with van der Waals surface area (Å²) in [5, 5.41) is 3.69. The van der Waals surface area contributed by atoms with Crippen LogP contribution in [0.3, 0.4) is 0 Å². The molecule has 0 amide bonds. The molecule has 2 atom stereocenters. The Morgan fingerprint density at radius 3 is 2.88 bits per heavy atom. The molecule has 94 valence electrons. The summed E-state index contributed by atoms with van der Waals surface area (Å²) in [6, 6.07) is 9.72. The molecule has 1 aliphatic rings. The first-order chi connectivity index (χ1) is 8.36. The Kier molecular flexibility index (Phi) is 4.61. The molecule has 2 unspecified atom stereocenters. The van der Waals surface area contributed by atoms with Crippen molar-refractivity contribution in [3.63, 3.8) is 0 Å². The highest BCUT2D eigenvalue weighted by Gasteiger charge is 2.26. The summed E-state index contributed by atoms with van der Waals surface area (Å²) < 4.78 is 0. The quantitative estimate of drug-likeness (QED) is 0.811. The molecule has 0 aromatic heterocycles. The molecule has 1 aliphatic carbocycles. The predicted octanol–water partition coefficient (Wildman–Crippen LogP) is 3.88. The van der Waals surface area contributed by atoms with Crippen molar-refractivity contribution < 1.29 is 0 Å². The molecular formula is C16H25N. The number of aryl methyl sites for hydroxylation is 1. The van der Waals surface area contributed by atoms with E-state index in [0.717, 1.165) is 12.5 Å². The lowest BCUT2D eigenvalue weighted by atomic mass is 9.77. The van der Waals surface area contributed by atoms with E-state index in [-0.39, 0.29) is 0 Å². The van der Waals surface area contributed by atoms with Crippen LogP contribution in [0.5, 0.6) is 0 Å². The minimum Gasteiger partial charge on any atom is -0.314 e. The van der Waals surface area contributed by atoms with Crippen molar-refractivity contribution in [3.05, 3.63) is 35.4 Å². The van der Waals surface area contributed by atoms with Crippen molar-refractivity contribution in [2.75, 3.05) is 6.54 Å². The first-order valence-corrected chi connectivity index (χ1v) is 7.18. The summed E-state index contributed by atoms with van der Waals surface area (Å²) in [6.07, 6.45) is 6.56. The second kappa shape index (κ2) is 6.20. The van der Waals surface area contributed by atoms with E-state index in [4.69, 9.17) is 0 Å². The highest BCUT2D eigenvalue weighted by Crippen LogP contribution is 2.35. The summed E-state index contributed by atoms with van der Waals surface area (Å²) in [4.78, 5) is 0. The van der Waals surface area contributed by atoms with Gasteiger partial charge in [-0.1, -0.05) is 44.5 Å². The van der Waals surface area contributed by atoms with Crippen LogP contribution in [-0.4, -0.2) is 12.6 Å². The minimum atomic E-state index is 0.673. The first kappa shape index (κ1) is 12.6. The molecule has 1 aromatic rings. The van der Waals surface area contributed by atoms with Crippen LogP contribution >= 0.6 is 0 Å². The molecule has 0 saturated carbocycles. The van der Waals surface area contributed by atoms with Crippen LogP contribution in [0.2, 0.25) is 0 Å². The summed E-state index contributed by atoms with van der Waals surface area (Å²) in [7, 11) is 0. The fourth-order valence-corrected chi connectivity index (χ4v) is 3.23. The van der Waals surface area contributed by atoms with Crippen LogP contribution in [-0.2, 0) is 6.42 Å². The van der Waals surface area contributed by atoms with Gasteiger partial charge in [0.05, 0.1) is 0 Å². The molecule has 0 spiro atoms. The normalized spacial score (nSPS) is 20.9. The fourth-order valence-electron chi connectivity index (χ4n) is 3.23. The number of fused-ring (bicyclic) bond motifs is 1. The lowest BCUT2D eigenvalue weighted by Gasteiger charge is -2.33. The average Bonchev–Trinajstić information content (AvgIpc) is 2.38.